The van der Waals surface area contributed by atoms with Crippen LogP contribution in [0.15, 0.2) is 0 Å². The molecule has 110 valence electrons. The van der Waals surface area contributed by atoms with Crippen molar-refractivity contribution in [1.29, 1.82) is 0 Å². The second-order valence-electron chi connectivity index (χ2n) is 6.38. The SMILES string of the molecule is CC(CN)CC(=O)N1CCC(CN2CCCC2)CC1. The molecule has 0 spiro atoms. The van der Waals surface area contributed by atoms with E-state index >= 15 is 0 Å². The normalized spacial score (nSPS) is 23.8. The average Bonchev–Trinajstić information content (AvgIpc) is 2.92. The molecule has 19 heavy (non-hydrogen) atoms. The summed E-state index contributed by atoms with van der Waals surface area (Å²) in [5.41, 5.74) is 5.59. The Labute approximate surface area is 117 Å². The third kappa shape index (κ3) is 4.46. The molecule has 2 N–H and O–H groups in total. The Bertz CT molecular complexity index is 281. The molecule has 4 nitrogen and oxygen atoms in total. The summed E-state index contributed by atoms with van der Waals surface area (Å²) in [6, 6.07) is 0. The summed E-state index contributed by atoms with van der Waals surface area (Å²) < 4.78 is 0. The molecule has 0 aromatic rings. The maximum Gasteiger partial charge on any atom is 0.222 e. The van der Waals surface area contributed by atoms with E-state index in [0.717, 1.165) is 19.0 Å². The van der Waals surface area contributed by atoms with E-state index in [1.165, 1.54) is 45.3 Å². The lowest BCUT2D eigenvalue weighted by Crippen LogP contribution is -2.42. The number of carbonyl (C=O) groups is 1. The van der Waals surface area contributed by atoms with Gasteiger partial charge in [-0.3, -0.25) is 4.79 Å². The Morgan fingerprint density at radius 2 is 1.84 bits per heavy atom. The minimum absolute atomic E-state index is 0.303. The van der Waals surface area contributed by atoms with Crippen molar-refractivity contribution >= 4 is 5.91 Å². The number of amides is 1. The molecule has 2 rings (SSSR count). The lowest BCUT2D eigenvalue weighted by Gasteiger charge is -2.34. The highest BCUT2D eigenvalue weighted by Crippen LogP contribution is 2.21. The number of hydrogen-bond acceptors (Lipinski definition) is 3. The predicted molar refractivity (Wildman–Crippen MR) is 77.8 cm³/mol. The quantitative estimate of drug-likeness (QED) is 0.817. The van der Waals surface area contributed by atoms with Crippen LogP contribution in [0.3, 0.4) is 0 Å². The minimum atomic E-state index is 0.303. The second-order valence-corrected chi connectivity index (χ2v) is 6.38. The van der Waals surface area contributed by atoms with Crippen LogP contribution < -0.4 is 5.73 Å². The van der Waals surface area contributed by atoms with Crippen molar-refractivity contribution in [1.82, 2.24) is 9.80 Å². The number of rotatable bonds is 5. The van der Waals surface area contributed by atoms with E-state index < -0.39 is 0 Å². The Hall–Kier alpha value is -0.610. The van der Waals surface area contributed by atoms with Gasteiger partial charge in [0.25, 0.3) is 0 Å². The Balaban J connectivity index is 1.68. The Morgan fingerprint density at radius 3 is 2.42 bits per heavy atom. The average molecular weight is 267 g/mol. The molecule has 2 heterocycles. The fourth-order valence-electron chi connectivity index (χ4n) is 3.21. The first-order chi connectivity index (χ1) is 9.19. The van der Waals surface area contributed by atoms with E-state index in [2.05, 4.69) is 11.8 Å². The van der Waals surface area contributed by atoms with Gasteiger partial charge in [0.2, 0.25) is 5.91 Å². The number of nitrogens with two attached hydrogens (primary N) is 1. The summed E-state index contributed by atoms with van der Waals surface area (Å²) in [6.07, 6.45) is 5.72. The lowest BCUT2D eigenvalue weighted by atomic mass is 9.95. The fraction of sp³-hybridized carbons (Fsp3) is 0.933. The largest absolute Gasteiger partial charge is 0.343 e. The Morgan fingerprint density at radius 1 is 1.21 bits per heavy atom. The standard InChI is InChI=1S/C15H29N3O/c1-13(11-16)10-15(19)18-8-4-14(5-9-18)12-17-6-2-3-7-17/h13-14H,2-12,16H2,1H3. The highest BCUT2D eigenvalue weighted by Gasteiger charge is 2.25. The molecule has 1 amide bonds. The molecule has 1 atom stereocenters. The molecule has 2 saturated heterocycles. The number of carbonyl (C=O) groups excluding carboxylic acids is 1. The maximum absolute atomic E-state index is 12.1. The summed E-state index contributed by atoms with van der Waals surface area (Å²) in [6.45, 7) is 8.39. The molecule has 2 aliphatic rings. The molecule has 2 aliphatic heterocycles. The van der Waals surface area contributed by atoms with Crippen LogP contribution in [-0.2, 0) is 4.79 Å². The summed E-state index contributed by atoms with van der Waals surface area (Å²) >= 11 is 0. The Kier molecular flexibility index (Phi) is 5.64. The topological polar surface area (TPSA) is 49.6 Å². The number of hydrogen-bond donors (Lipinski definition) is 1. The van der Waals surface area contributed by atoms with Crippen molar-refractivity contribution in [2.24, 2.45) is 17.6 Å². The highest BCUT2D eigenvalue weighted by atomic mass is 16.2. The van der Waals surface area contributed by atoms with Gasteiger partial charge in [-0.15, -0.1) is 0 Å². The first-order valence-electron chi connectivity index (χ1n) is 7.89. The zero-order valence-electron chi connectivity index (χ0n) is 12.3. The van der Waals surface area contributed by atoms with Crippen LogP contribution in [0.5, 0.6) is 0 Å². The van der Waals surface area contributed by atoms with Crippen LogP contribution in [0.25, 0.3) is 0 Å². The fourth-order valence-corrected chi connectivity index (χ4v) is 3.21. The van der Waals surface area contributed by atoms with Gasteiger partial charge in [0, 0.05) is 26.1 Å². The van der Waals surface area contributed by atoms with Gasteiger partial charge in [-0.1, -0.05) is 6.92 Å². The van der Waals surface area contributed by atoms with Crippen molar-refractivity contribution in [3.8, 4) is 0 Å². The zero-order chi connectivity index (χ0) is 13.7. The maximum atomic E-state index is 12.1. The third-order valence-corrected chi connectivity index (χ3v) is 4.61. The van der Waals surface area contributed by atoms with Crippen molar-refractivity contribution in [2.75, 3.05) is 39.3 Å². The second kappa shape index (κ2) is 7.25. The predicted octanol–water partition coefficient (Wildman–Crippen LogP) is 1.31. The van der Waals surface area contributed by atoms with E-state index in [1.54, 1.807) is 0 Å². The third-order valence-electron chi connectivity index (χ3n) is 4.61. The van der Waals surface area contributed by atoms with Crippen LogP contribution in [-0.4, -0.2) is 55.0 Å². The van der Waals surface area contributed by atoms with Crippen LogP contribution in [0, 0.1) is 11.8 Å². The van der Waals surface area contributed by atoms with Gasteiger partial charge in [-0.05, 0) is 57.2 Å². The molecule has 0 radical (unpaired) electrons. The van der Waals surface area contributed by atoms with Crippen molar-refractivity contribution < 1.29 is 4.79 Å². The van der Waals surface area contributed by atoms with Crippen molar-refractivity contribution in [3.05, 3.63) is 0 Å². The monoisotopic (exact) mass is 267 g/mol. The molecule has 0 aromatic heterocycles. The van der Waals surface area contributed by atoms with E-state index in [1.807, 2.05) is 4.90 Å². The van der Waals surface area contributed by atoms with Crippen LogP contribution in [0.4, 0.5) is 0 Å². The van der Waals surface area contributed by atoms with Gasteiger partial charge in [0.15, 0.2) is 0 Å². The smallest absolute Gasteiger partial charge is 0.222 e. The molecule has 4 heteroatoms. The van der Waals surface area contributed by atoms with Gasteiger partial charge in [-0.25, -0.2) is 0 Å². The molecular weight excluding hydrogens is 238 g/mol. The van der Waals surface area contributed by atoms with Gasteiger partial charge in [-0.2, -0.15) is 0 Å². The van der Waals surface area contributed by atoms with Crippen molar-refractivity contribution in [3.63, 3.8) is 0 Å². The van der Waals surface area contributed by atoms with Crippen LogP contribution >= 0.6 is 0 Å². The molecule has 0 saturated carbocycles. The van der Waals surface area contributed by atoms with E-state index in [0.29, 0.717) is 24.8 Å². The van der Waals surface area contributed by atoms with E-state index in [9.17, 15) is 4.79 Å². The number of likely N-dealkylation sites (tertiary alicyclic amines) is 2. The molecule has 1 unspecified atom stereocenters. The number of piperidine rings is 1. The molecule has 0 bridgehead atoms. The van der Waals surface area contributed by atoms with Crippen molar-refractivity contribution in [2.45, 2.75) is 39.0 Å². The summed E-state index contributed by atoms with van der Waals surface area (Å²) in [7, 11) is 0. The minimum Gasteiger partial charge on any atom is -0.343 e. The lowest BCUT2D eigenvalue weighted by molar-refractivity contribution is -0.133. The first kappa shape index (κ1) is 14.8. The van der Waals surface area contributed by atoms with E-state index in [4.69, 9.17) is 5.73 Å². The molecule has 0 aliphatic carbocycles. The van der Waals surface area contributed by atoms with Gasteiger partial charge >= 0.3 is 0 Å². The van der Waals surface area contributed by atoms with Gasteiger partial charge in [0.05, 0.1) is 0 Å². The highest BCUT2D eigenvalue weighted by molar-refractivity contribution is 5.76. The molecule has 0 aromatic carbocycles. The van der Waals surface area contributed by atoms with E-state index in [-0.39, 0.29) is 0 Å². The first-order valence-corrected chi connectivity index (χ1v) is 7.89. The van der Waals surface area contributed by atoms with Gasteiger partial charge < -0.3 is 15.5 Å². The summed E-state index contributed by atoms with van der Waals surface area (Å²) in [5, 5.41) is 0. The molecular formula is C15H29N3O. The number of nitrogens with zero attached hydrogens (tertiary/aromatic N) is 2. The molecule has 2 fully saturated rings. The van der Waals surface area contributed by atoms with Crippen LogP contribution in [0.1, 0.15) is 39.0 Å². The van der Waals surface area contributed by atoms with Crippen LogP contribution in [0.2, 0.25) is 0 Å². The summed E-state index contributed by atoms with van der Waals surface area (Å²) in [5.74, 6) is 1.42. The summed E-state index contributed by atoms with van der Waals surface area (Å²) in [4.78, 5) is 16.7. The van der Waals surface area contributed by atoms with Gasteiger partial charge in [0.1, 0.15) is 0 Å². The zero-order valence-corrected chi connectivity index (χ0v) is 12.3.